The van der Waals surface area contributed by atoms with Gasteiger partial charge in [0.15, 0.2) is 16.3 Å². The number of aryl methyl sites for hydroxylation is 2. The highest BCUT2D eigenvalue weighted by Crippen LogP contribution is 2.41. The second-order valence-corrected chi connectivity index (χ2v) is 9.96. The van der Waals surface area contributed by atoms with E-state index in [0.717, 1.165) is 35.2 Å². The van der Waals surface area contributed by atoms with E-state index in [1.165, 1.54) is 35.1 Å². The molecule has 5 nitrogen and oxygen atoms in total. The lowest BCUT2D eigenvalue weighted by atomic mass is 9.83. The van der Waals surface area contributed by atoms with Gasteiger partial charge in [-0.05, 0) is 60.2 Å². The standard InChI is InChI=1S/C29H24N2O3S/c1-17-7-10-20(11-8-17)27-22-13-12-19-5-3-4-6-21(19)26(22)30-29-31(27)28(33)25(35-29)16-18-9-14-23(32)24(15-18)34-2/h3-11,14-16,27,32H,12-13H2,1-2H3/b25-16-/t27-/m1/s1. The average molecular weight is 481 g/mol. The Morgan fingerprint density at radius 3 is 2.69 bits per heavy atom. The van der Waals surface area contributed by atoms with Gasteiger partial charge in [0.05, 0.1) is 23.4 Å². The van der Waals surface area contributed by atoms with E-state index < -0.39 is 0 Å². The molecule has 174 valence electrons. The Labute approximate surface area is 206 Å². The molecule has 0 spiro atoms. The molecular weight excluding hydrogens is 456 g/mol. The molecule has 0 radical (unpaired) electrons. The summed E-state index contributed by atoms with van der Waals surface area (Å²) in [6, 6.07) is 21.8. The van der Waals surface area contributed by atoms with Gasteiger partial charge in [-0.3, -0.25) is 9.36 Å². The molecule has 1 atom stereocenters. The van der Waals surface area contributed by atoms with E-state index in [0.29, 0.717) is 15.1 Å². The van der Waals surface area contributed by atoms with Crippen molar-refractivity contribution in [1.29, 1.82) is 0 Å². The van der Waals surface area contributed by atoms with Crippen LogP contribution in [0.4, 0.5) is 0 Å². The number of hydrogen-bond acceptors (Lipinski definition) is 5. The Kier molecular flexibility index (Phi) is 5.19. The van der Waals surface area contributed by atoms with E-state index in [9.17, 15) is 9.90 Å². The summed E-state index contributed by atoms with van der Waals surface area (Å²) in [7, 11) is 1.51. The molecule has 1 aromatic heterocycles. The second-order valence-electron chi connectivity index (χ2n) is 8.96. The molecule has 1 aliphatic heterocycles. The number of methoxy groups -OCH3 is 1. The zero-order valence-corrected chi connectivity index (χ0v) is 20.3. The molecule has 0 amide bonds. The number of nitrogens with zero attached hydrogens (tertiary/aromatic N) is 2. The zero-order valence-electron chi connectivity index (χ0n) is 19.5. The van der Waals surface area contributed by atoms with E-state index >= 15 is 0 Å². The van der Waals surface area contributed by atoms with Gasteiger partial charge < -0.3 is 9.84 Å². The maximum Gasteiger partial charge on any atom is 0.271 e. The molecule has 0 bridgehead atoms. The van der Waals surface area contributed by atoms with E-state index in [2.05, 4.69) is 55.5 Å². The number of aromatic nitrogens is 1. The highest BCUT2D eigenvalue weighted by molar-refractivity contribution is 7.07. The molecule has 0 fully saturated rings. The minimum absolute atomic E-state index is 0.0585. The summed E-state index contributed by atoms with van der Waals surface area (Å²) in [6.07, 6.45) is 3.65. The number of aromatic hydroxyl groups is 1. The summed E-state index contributed by atoms with van der Waals surface area (Å²) in [4.78, 5) is 19.5. The quantitative estimate of drug-likeness (QED) is 0.475. The summed E-state index contributed by atoms with van der Waals surface area (Å²) in [5.41, 5.74) is 7.65. The number of ether oxygens (including phenoxy) is 1. The molecule has 0 saturated carbocycles. The van der Waals surface area contributed by atoms with Gasteiger partial charge in [-0.1, -0.05) is 71.5 Å². The highest BCUT2D eigenvalue weighted by Gasteiger charge is 2.32. The largest absolute Gasteiger partial charge is 0.504 e. The van der Waals surface area contributed by atoms with Crippen LogP contribution in [0, 0.1) is 6.92 Å². The van der Waals surface area contributed by atoms with Crippen LogP contribution in [0.25, 0.3) is 11.8 Å². The maximum absolute atomic E-state index is 13.8. The molecule has 1 aliphatic carbocycles. The number of benzene rings is 3. The van der Waals surface area contributed by atoms with Crippen molar-refractivity contribution in [3.8, 4) is 11.5 Å². The molecular formula is C29H24N2O3S. The van der Waals surface area contributed by atoms with Crippen molar-refractivity contribution < 1.29 is 9.84 Å². The molecule has 3 aromatic carbocycles. The van der Waals surface area contributed by atoms with Crippen LogP contribution in [-0.4, -0.2) is 16.8 Å². The van der Waals surface area contributed by atoms with Gasteiger partial charge in [-0.2, -0.15) is 0 Å². The van der Waals surface area contributed by atoms with Crippen molar-refractivity contribution in [2.75, 3.05) is 7.11 Å². The van der Waals surface area contributed by atoms with Crippen LogP contribution in [0.3, 0.4) is 0 Å². The Balaban J connectivity index is 1.60. The Hall–Kier alpha value is -3.90. The van der Waals surface area contributed by atoms with Crippen molar-refractivity contribution >= 4 is 23.1 Å². The van der Waals surface area contributed by atoms with Gasteiger partial charge in [0.25, 0.3) is 5.56 Å². The number of phenols is 1. The van der Waals surface area contributed by atoms with E-state index in [4.69, 9.17) is 9.73 Å². The van der Waals surface area contributed by atoms with Crippen molar-refractivity contribution in [2.24, 2.45) is 4.99 Å². The molecule has 0 saturated heterocycles. The van der Waals surface area contributed by atoms with E-state index in [-0.39, 0.29) is 17.4 Å². The highest BCUT2D eigenvalue weighted by atomic mass is 32.1. The third-order valence-electron chi connectivity index (χ3n) is 6.77. The number of thiazole rings is 1. The lowest BCUT2D eigenvalue weighted by Crippen LogP contribution is -2.38. The van der Waals surface area contributed by atoms with Gasteiger partial charge in [0.2, 0.25) is 0 Å². The summed E-state index contributed by atoms with van der Waals surface area (Å²) in [5, 5.41) is 9.94. The molecule has 2 heterocycles. The summed E-state index contributed by atoms with van der Waals surface area (Å²) >= 11 is 1.40. The van der Waals surface area contributed by atoms with Crippen molar-refractivity contribution in [2.45, 2.75) is 25.8 Å². The molecule has 2 aliphatic rings. The molecule has 1 N–H and O–H groups in total. The maximum atomic E-state index is 13.8. The first-order valence-electron chi connectivity index (χ1n) is 11.6. The predicted molar refractivity (Wildman–Crippen MR) is 139 cm³/mol. The van der Waals surface area contributed by atoms with Gasteiger partial charge in [0, 0.05) is 5.56 Å². The van der Waals surface area contributed by atoms with Crippen LogP contribution in [0.2, 0.25) is 0 Å². The van der Waals surface area contributed by atoms with Gasteiger partial charge in [0.1, 0.15) is 0 Å². The first-order valence-corrected chi connectivity index (χ1v) is 12.4. The predicted octanol–water partition coefficient (Wildman–Crippen LogP) is 4.34. The zero-order chi connectivity index (χ0) is 24.1. The lowest BCUT2D eigenvalue weighted by Gasteiger charge is -2.30. The monoisotopic (exact) mass is 480 g/mol. The number of rotatable bonds is 3. The van der Waals surface area contributed by atoms with E-state index in [1.807, 2.05) is 10.6 Å². The van der Waals surface area contributed by atoms with Crippen LogP contribution in [0.5, 0.6) is 11.5 Å². The fourth-order valence-electron chi connectivity index (χ4n) is 5.01. The second kappa shape index (κ2) is 8.40. The van der Waals surface area contributed by atoms with Crippen molar-refractivity contribution in [3.63, 3.8) is 0 Å². The Morgan fingerprint density at radius 2 is 1.89 bits per heavy atom. The number of hydrogen-bond donors (Lipinski definition) is 1. The molecule has 0 unspecified atom stereocenters. The summed E-state index contributed by atoms with van der Waals surface area (Å²) in [5.74, 6) is 0.438. The minimum Gasteiger partial charge on any atom is -0.504 e. The van der Waals surface area contributed by atoms with Crippen molar-refractivity contribution in [3.05, 3.63) is 120 Å². The number of phenolic OH excluding ortho intramolecular Hbond substituents is 1. The van der Waals surface area contributed by atoms with E-state index in [1.54, 1.807) is 18.2 Å². The fraction of sp³-hybridized carbons (Fsp3) is 0.172. The Bertz CT molecular complexity index is 1680. The normalized spacial score (nSPS) is 16.9. The lowest BCUT2D eigenvalue weighted by molar-refractivity contribution is 0.373. The van der Waals surface area contributed by atoms with Gasteiger partial charge in [-0.25, -0.2) is 4.99 Å². The number of fused-ring (bicyclic) bond motifs is 3. The first kappa shape index (κ1) is 21.6. The summed E-state index contributed by atoms with van der Waals surface area (Å²) in [6.45, 7) is 2.07. The van der Waals surface area contributed by atoms with Crippen LogP contribution in [-0.2, 0) is 6.42 Å². The van der Waals surface area contributed by atoms with Gasteiger partial charge in [-0.15, -0.1) is 0 Å². The average Bonchev–Trinajstić information content (AvgIpc) is 3.19. The SMILES string of the molecule is COc1cc(/C=c2\sc3n(c2=O)[C@H](c2ccc(C)cc2)C2=C(N=3)c3ccccc3CC2)ccc1O. The molecule has 35 heavy (non-hydrogen) atoms. The first-order chi connectivity index (χ1) is 17.0. The topological polar surface area (TPSA) is 63.8 Å². The summed E-state index contributed by atoms with van der Waals surface area (Å²) < 4.78 is 7.69. The molecule has 6 heteroatoms. The minimum atomic E-state index is -0.188. The third-order valence-corrected chi connectivity index (χ3v) is 7.75. The smallest absolute Gasteiger partial charge is 0.271 e. The number of allylic oxidation sites excluding steroid dienone is 1. The molecule has 4 aromatic rings. The van der Waals surface area contributed by atoms with Crippen LogP contribution < -0.4 is 19.6 Å². The molecule has 6 rings (SSSR count). The van der Waals surface area contributed by atoms with Crippen LogP contribution in [0.1, 0.15) is 40.3 Å². The fourth-order valence-corrected chi connectivity index (χ4v) is 6.01. The Morgan fingerprint density at radius 1 is 1.09 bits per heavy atom. The third kappa shape index (κ3) is 3.61. The van der Waals surface area contributed by atoms with Crippen LogP contribution in [0.15, 0.2) is 82.1 Å². The van der Waals surface area contributed by atoms with Crippen LogP contribution >= 0.6 is 11.3 Å². The van der Waals surface area contributed by atoms with Gasteiger partial charge >= 0.3 is 0 Å². The van der Waals surface area contributed by atoms with Crippen molar-refractivity contribution in [1.82, 2.24) is 4.57 Å².